The van der Waals surface area contributed by atoms with Crippen LogP contribution in [0.5, 0.6) is 0 Å². The van der Waals surface area contributed by atoms with Crippen molar-refractivity contribution in [2.75, 3.05) is 39.3 Å². The molecule has 0 aromatic heterocycles. The summed E-state index contributed by atoms with van der Waals surface area (Å²) in [6.45, 7) is 7.04. The molecular weight excluding hydrogens is 308 g/mol. The molecule has 2 aliphatic heterocycles. The highest BCUT2D eigenvalue weighted by Crippen LogP contribution is 2.19. The maximum absolute atomic E-state index is 6.09. The maximum Gasteiger partial charge on any atom is 0.0599 e. The topological polar surface area (TPSA) is 24.5 Å². The Labute approximate surface area is 147 Å². The average Bonchev–Trinajstić information content (AvgIpc) is 2.58. The van der Waals surface area contributed by atoms with Crippen molar-refractivity contribution in [3.8, 4) is 0 Å². The molecule has 2 aliphatic rings. The number of halogens is 1. The van der Waals surface area contributed by atoms with Crippen molar-refractivity contribution in [2.24, 2.45) is 5.92 Å². The molecule has 3 nitrogen and oxygen atoms in total. The van der Waals surface area contributed by atoms with Crippen LogP contribution in [0.2, 0.25) is 0 Å². The standard InChI is InChI=1S/C19H30N2O.ClH/c1-2-4-17(5-3-1)10-15-22-19-8-13-21(14-9-19)16-18-6-11-20-12-7-18;/h1-5,18-20H,6-16H2;1H. The van der Waals surface area contributed by atoms with Gasteiger partial charge in [0.05, 0.1) is 12.7 Å². The van der Waals surface area contributed by atoms with Gasteiger partial charge in [0.2, 0.25) is 0 Å². The smallest absolute Gasteiger partial charge is 0.0599 e. The molecule has 0 atom stereocenters. The van der Waals surface area contributed by atoms with Crippen LogP contribution < -0.4 is 5.32 Å². The highest BCUT2D eigenvalue weighted by atomic mass is 35.5. The van der Waals surface area contributed by atoms with Gasteiger partial charge in [-0.05, 0) is 56.7 Å². The molecule has 1 aromatic carbocycles. The first-order valence-electron chi connectivity index (χ1n) is 8.99. The van der Waals surface area contributed by atoms with E-state index in [0.717, 1.165) is 18.9 Å². The Hall–Kier alpha value is -0.610. The van der Waals surface area contributed by atoms with Gasteiger partial charge in [-0.25, -0.2) is 0 Å². The fourth-order valence-corrected chi connectivity index (χ4v) is 3.68. The lowest BCUT2D eigenvalue weighted by Crippen LogP contribution is -2.42. The van der Waals surface area contributed by atoms with Crippen LogP contribution in [0.4, 0.5) is 0 Å². The lowest BCUT2D eigenvalue weighted by atomic mass is 9.96. The molecule has 0 bridgehead atoms. The quantitative estimate of drug-likeness (QED) is 0.862. The van der Waals surface area contributed by atoms with E-state index in [-0.39, 0.29) is 12.4 Å². The van der Waals surface area contributed by atoms with E-state index in [1.54, 1.807) is 0 Å². The maximum atomic E-state index is 6.09. The second-order valence-corrected chi connectivity index (χ2v) is 6.80. The summed E-state index contributed by atoms with van der Waals surface area (Å²) in [6.07, 6.45) is 6.64. The Kier molecular flexibility index (Phi) is 8.38. The molecule has 0 aliphatic carbocycles. The molecule has 0 saturated carbocycles. The average molecular weight is 339 g/mol. The van der Waals surface area contributed by atoms with Crippen LogP contribution in [0.15, 0.2) is 30.3 Å². The molecule has 0 spiro atoms. The zero-order chi connectivity index (χ0) is 15.0. The van der Waals surface area contributed by atoms with E-state index < -0.39 is 0 Å². The van der Waals surface area contributed by atoms with Gasteiger partial charge in [0.15, 0.2) is 0 Å². The van der Waals surface area contributed by atoms with Gasteiger partial charge in [-0.15, -0.1) is 12.4 Å². The Morgan fingerprint density at radius 2 is 1.70 bits per heavy atom. The van der Waals surface area contributed by atoms with Crippen LogP contribution in [0, 0.1) is 5.92 Å². The van der Waals surface area contributed by atoms with Crippen LogP contribution in [0.3, 0.4) is 0 Å². The molecule has 3 rings (SSSR count). The molecule has 2 fully saturated rings. The molecular formula is C19H31ClN2O. The van der Waals surface area contributed by atoms with E-state index >= 15 is 0 Å². The molecule has 23 heavy (non-hydrogen) atoms. The number of nitrogens with zero attached hydrogens (tertiary/aromatic N) is 1. The van der Waals surface area contributed by atoms with E-state index in [1.165, 1.54) is 64.0 Å². The Bertz CT molecular complexity index is 415. The molecule has 0 unspecified atom stereocenters. The summed E-state index contributed by atoms with van der Waals surface area (Å²) in [4.78, 5) is 2.66. The SMILES string of the molecule is Cl.c1ccc(CCOC2CCN(CC3CCNCC3)CC2)cc1. The summed E-state index contributed by atoms with van der Waals surface area (Å²) >= 11 is 0. The first kappa shape index (κ1) is 18.7. The van der Waals surface area contributed by atoms with Crippen molar-refractivity contribution in [2.45, 2.75) is 38.2 Å². The number of hydrogen-bond donors (Lipinski definition) is 1. The molecule has 4 heteroatoms. The first-order valence-corrected chi connectivity index (χ1v) is 8.99. The molecule has 2 heterocycles. The van der Waals surface area contributed by atoms with E-state index in [2.05, 4.69) is 40.5 Å². The number of benzene rings is 1. The predicted octanol–water partition coefficient (Wildman–Crippen LogP) is 3.13. The van der Waals surface area contributed by atoms with Crippen molar-refractivity contribution in [1.29, 1.82) is 0 Å². The van der Waals surface area contributed by atoms with E-state index in [9.17, 15) is 0 Å². The monoisotopic (exact) mass is 338 g/mol. The summed E-state index contributed by atoms with van der Waals surface area (Å²) in [5.41, 5.74) is 1.38. The molecule has 0 radical (unpaired) electrons. The van der Waals surface area contributed by atoms with Crippen molar-refractivity contribution in [1.82, 2.24) is 10.2 Å². The molecule has 2 saturated heterocycles. The minimum Gasteiger partial charge on any atom is -0.378 e. The normalized spacial score (nSPS) is 21.0. The van der Waals surface area contributed by atoms with Crippen LogP contribution >= 0.6 is 12.4 Å². The highest BCUT2D eigenvalue weighted by Gasteiger charge is 2.22. The van der Waals surface area contributed by atoms with E-state index in [0.29, 0.717) is 6.10 Å². The second-order valence-electron chi connectivity index (χ2n) is 6.80. The number of rotatable bonds is 6. The van der Waals surface area contributed by atoms with Gasteiger partial charge in [0.1, 0.15) is 0 Å². The third-order valence-corrected chi connectivity index (χ3v) is 5.10. The molecule has 0 amide bonds. The lowest BCUT2D eigenvalue weighted by Gasteiger charge is -2.35. The first-order chi connectivity index (χ1) is 10.9. The molecule has 1 aromatic rings. The van der Waals surface area contributed by atoms with Crippen LogP contribution in [-0.2, 0) is 11.2 Å². The fourth-order valence-electron chi connectivity index (χ4n) is 3.68. The second kappa shape index (κ2) is 10.3. The highest BCUT2D eigenvalue weighted by molar-refractivity contribution is 5.85. The van der Waals surface area contributed by atoms with Gasteiger partial charge >= 0.3 is 0 Å². The Morgan fingerprint density at radius 1 is 1.00 bits per heavy atom. The largest absolute Gasteiger partial charge is 0.378 e. The number of ether oxygens (including phenoxy) is 1. The number of likely N-dealkylation sites (tertiary alicyclic amines) is 1. The summed E-state index contributed by atoms with van der Waals surface area (Å²) in [7, 11) is 0. The zero-order valence-electron chi connectivity index (χ0n) is 14.1. The van der Waals surface area contributed by atoms with Crippen molar-refractivity contribution in [3.05, 3.63) is 35.9 Å². The van der Waals surface area contributed by atoms with Gasteiger partial charge in [-0.2, -0.15) is 0 Å². The summed E-state index contributed by atoms with van der Waals surface area (Å²) in [5.74, 6) is 0.914. The summed E-state index contributed by atoms with van der Waals surface area (Å²) in [5, 5.41) is 3.46. The number of nitrogens with one attached hydrogen (secondary N) is 1. The van der Waals surface area contributed by atoms with Crippen LogP contribution in [-0.4, -0.2) is 50.3 Å². The fraction of sp³-hybridized carbons (Fsp3) is 0.684. The van der Waals surface area contributed by atoms with Crippen molar-refractivity contribution in [3.63, 3.8) is 0 Å². The van der Waals surface area contributed by atoms with Gasteiger partial charge in [-0.3, -0.25) is 0 Å². The van der Waals surface area contributed by atoms with Crippen LogP contribution in [0.1, 0.15) is 31.2 Å². The van der Waals surface area contributed by atoms with Crippen molar-refractivity contribution < 1.29 is 4.74 Å². The van der Waals surface area contributed by atoms with Gasteiger partial charge in [-0.1, -0.05) is 30.3 Å². The van der Waals surface area contributed by atoms with Gasteiger partial charge in [0, 0.05) is 19.6 Å². The van der Waals surface area contributed by atoms with E-state index in [4.69, 9.17) is 4.74 Å². The Morgan fingerprint density at radius 3 is 2.39 bits per heavy atom. The minimum absolute atomic E-state index is 0. The van der Waals surface area contributed by atoms with Crippen LogP contribution in [0.25, 0.3) is 0 Å². The lowest BCUT2D eigenvalue weighted by molar-refractivity contribution is 0.00516. The van der Waals surface area contributed by atoms with Gasteiger partial charge in [0.25, 0.3) is 0 Å². The Balaban J connectivity index is 0.00000192. The van der Waals surface area contributed by atoms with Gasteiger partial charge < -0.3 is 15.0 Å². The molecule has 1 N–H and O–H groups in total. The molecule has 130 valence electrons. The predicted molar refractivity (Wildman–Crippen MR) is 98.4 cm³/mol. The number of hydrogen-bond acceptors (Lipinski definition) is 3. The minimum atomic E-state index is 0. The summed E-state index contributed by atoms with van der Waals surface area (Å²) in [6, 6.07) is 10.7. The third kappa shape index (κ3) is 6.42. The summed E-state index contributed by atoms with van der Waals surface area (Å²) < 4.78 is 6.09. The number of piperidine rings is 2. The van der Waals surface area contributed by atoms with E-state index in [1.807, 2.05) is 0 Å². The van der Waals surface area contributed by atoms with Crippen molar-refractivity contribution >= 4 is 12.4 Å². The third-order valence-electron chi connectivity index (χ3n) is 5.10. The zero-order valence-corrected chi connectivity index (χ0v) is 14.9.